The van der Waals surface area contributed by atoms with Crippen LogP contribution in [-0.4, -0.2) is 82.8 Å². The number of amides is 2. The van der Waals surface area contributed by atoms with Crippen LogP contribution in [0.3, 0.4) is 0 Å². The maximum absolute atomic E-state index is 13.9. The number of allylic oxidation sites excluding steroid dienone is 2. The Morgan fingerprint density at radius 2 is 1.31 bits per heavy atom. The van der Waals surface area contributed by atoms with E-state index in [-0.39, 0.29) is 72.2 Å². The molecule has 13 heteroatoms. The summed E-state index contributed by atoms with van der Waals surface area (Å²) in [7, 11) is 1.56. The standard InChI is InChI=1S/C51H76N2O10Si/c1-33(22-27-44(54)52-42(48(58)61-8)30-35-18-14-12-15-19-35)37-23-24-38(34(37)2)39-25-26-40(47(57)63-64(10,11)50(3,4)5)51(6,41(39)32-46(56)60-7)29-28-45(55)53-43(49(59)62-9)31-36-20-16-13-17-21-36/h12-21,33,37,39-43,47,57H,22-32H2,1-11H3,(H,52,54)(H,53,55)/t33-,37-,39+,40-,41+,42+,43+,47?,51+/m1/s1. The Labute approximate surface area is 383 Å². The topological polar surface area (TPSA) is 167 Å². The number of aliphatic hydroxyl groups is 1. The lowest BCUT2D eigenvalue weighted by molar-refractivity contribution is -0.163. The van der Waals surface area contributed by atoms with E-state index >= 15 is 0 Å². The zero-order valence-electron chi connectivity index (χ0n) is 40.3. The number of hydrogen-bond donors (Lipinski definition) is 3. The Morgan fingerprint density at radius 1 is 0.797 bits per heavy atom. The predicted octanol–water partition coefficient (Wildman–Crippen LogP) is 8.26. The molecule has 9 atom stereocenters. The zero-order valence-corrected chi connectivity index (χ0v) is 41.3. The van der Waals surface area contributed by atoms with Gasteiger partial charge in [-0.05, 0) is 104 Å². The Balaban J connectivity index is 1.60. The van der Waals surface area contributed by atoms with Crippen molar-refractivity contribution in [2.24, 2.45) is 35.0 Å². The maximum Gasteiger partial charge on any atom is 0.328 e. The van der Waals surface area contributed by atoms with Gasteiger partial charge in [0.2, 0.25) is 11.8 Å². The minimum Gasteiger partial charge on any atom is -0.469 e. The minimum atomic E-state index is -2.46. The van der Waals surface area contributed by atoms with Crippen molar-refractivity contribution in [3.63, 3.8) is 0 Å². The number of carbonyl (C=O) groups is 5. The third-order valence-corrected chi connectivity index (χ3v) is 19.4. The van der Waals surface area contributed by atoms with Gasteiger partial charge in [0.05, 0.1) is 21.3 Å². The van der Waals surface area contributed by atoms with Gasteiger partial charge in [-0.15, -0.1) is 0 Å². The molecule has 2 aliphatic carbocycles. The number of aliphatic hydroxyl groups excluding tert-OH is 1. The second kappa shape index (κ2) is 23.2. The summed E-state index contributed by atoms with van der Waals surface area (Å²) in [5, 5.41) is 17.8. The lowest BCUT2D eigenvalue weighted by Gasteiger charge is -2.54. The second-order valence-corrected chi connectivity index (χ2v) is 24.7. The van der Waals surface area contributed by atoms with E-state index in [1.807, 2.05) is 60.7 Å². The van der Waals surface area contributed by atoms with Crippen LogP contribution in [0, 0.1) is 35.0 Å². The highest BCUT2D eigenvalue weighted by molar-refractivity contribution is 6.74. The molecule has 1 saturated carbocycles. The molecule has 0 bridgehead atoms. The summed E-state index contributed by atoms with van der Waals surface area (Å²) in [6.45, 7) is 17.0. The monoisotopic (exact) mass is 905 g/mol. The quantitative estimate of drug-likeness (QED) is 0.0365. The summed E-state index contributed by atoms with van der Waals surface area (Å²) in [5.74, 6) is -2.25. The van der Waals surface area contributed by atoms with Crippen molar-refractivity contribution in [3.8, 4) is 0 Å². The molecule has 354 valence electrons. The molecule has 64 heavy (non-hydrogen) atoms. The molecule has 1 fully saturated rings. The highest BCUT2D eigenvalue weighted by atomic mass is 28.4. The molecule has 1 unspecified atom stereocenters. The van der Waals surface area contributed by atoms with Gasteiger partial charge in [0.15, 0.2) is 8.32 Å². The van der Waals surface area contributed by atoms with Crippen LogP contribution in [0.1, 0.15) is 110 Å². The van der Waals surface area contributed by atoms with Crippen molar-refractivity contribution in [2.45, 2.75) is 149 Å². The molecule has 4 rings (SSSR count). The summed E-state index contributed by atoms with van der Waals surface area (Å²) in [6, 6.07) is 17.3. The van der Waals surface area contributed by atoms with Gasteiger partial charge < -0.3 is 34.4 Å². The van der Waals surface area contributed by atoms with Crippen molar-refractivity contribution in [1.29, 1.82) is 0 Å². The van der Waals surface area contributed by atoms with Gasteiger partial charge in [-0.25, -0.2) is 9.59 Å². The van der Waals surface area contributed by atoms with Crippen molar-refractivity contribution in [1.82, 2.24) is 10.6 Å². The third-order valence-electron chi connectivity index (χ3n) is 15.0. The predicted molar refractivity (Wildman–Crippen MR) is 250 cm³/mol. The van der Waals surface area contributed by atoms with E-state index in [0.29, 0.717) is 25.7 Å². The molecule has 0 heterocycles. The first-order valence-corrected chi connectivity index (χ1v) is 26.0. The number of rotatable bonds is 21. The molecule has 0 aliphatic heterocycles. The van der Waals surface area contributed by atoms with E-state index in [4.69, 9.17) is 18.6 Å². The smallest absolute Gasteiger partial charge is 0.328 e. The fourth-order valence-electron chi connectivity index (χ4n) is 10.1. The fourth-order valence-corrected chi connectivity index (χ4v) is 11.2. The van der Waals surface area contributed by atoms with Crippen molar-refractivity contribution >= 4 is 38.0 Å². The SMILES string of the molecule is COC(=O)C[C@H]1[C@H](C2=C(C)[C@@H]([C@H](C)CCC(=O)N[C@@H](Cc3ccccc3)C(=O)OC)CC2)CC[C@H](C(O)O[Si](C)(C)C(C)(C)C)[C@]1(C)CCC(=O)N[C@@H](Cc1ccccc1)C(=O)OC. The molecule has 2 aliphatic rings. The van der Waals surface area contributed by atoms with Crippen LogP contribution < -0.4 is 10.6 Å². The summed E-state index contributed by atoms with van der Waals surface area (Å²) in [5.41, 5.74) is 3.61. The second-order valence-electron chi connectivity index (χ2n) is 20.0. The van der Waals surface area contributed by atoms with Crippen molar-refractivity contribution in [3.05, 3.63) is 82.9 Å². The first kappa shape index (κ1) is 52.3. The number of benzene rings is 2. The largest absolute Gasteiger partial charge is 0.469 e. The molecule has 12 nitrogen and oxygen atoms in total. The average molecular weight is 905 g/mol. The zero-order chi connectivity index (χ0) is 47.4. The van der Waals surface area contributed by atoms with E-state index < -0.39 is 50.0 Å². The van der Waals surface area contributed by atoms with Crippen LogP contribution in [0.25, 0.3) is 0 Å². The van der Waals surface area contributed by atoms with E-state index in [1.54, 1.807) is 0 Å². The Morgan fingerprint density at radius 3 is 1.80 bits per heavy atom. The number of nitrogens with one attached hydrogen (secondary N) is 2. The summed E-state index contributed by atoms with van der Waals surface area (Å²) in [6.07, 6.45) is 3.92. The van der Waals surface area contributed by atoms with Crippen LogP contribution in [0.5, 0.6) is 0 Å². The van der Waals surface area contributed by atoms with Gasteiger partial charge in [-0.3, -0.25) is 14.4 Å². The number of methoxy groups -OCH3 is 3. The van der Waals surface area contributed by atoms with Crippen LogP contribution in [0.15, 0.2) is 71.8 Å². The Hall–Kier alpha value is -4.33. The van der Waals surface area contributed by atoms with Crippen molar-refractivity contribution < 1.29 is 47.7 Å². The molecule has 3 N–H and O–H groups in total. The van der Waals surface area contributed by atoms with Crippen LogP contribution in [0.4, 0.5) is 0 Å². The summed E-state index contributed by atoms with van der Waals surface area (Å²) in [4.78, 5) is 66.2. The first-order chi connectivity index (χ1) is 30.1. The highest BCUT2D eigenvalue weighted by Gasteiger charge is 2.54. The first-order valence-electron chi connectivity index (χ1n) is 23.1. The summed E-state index contributed by atoms with van der Waals surface area (Å²) < 4.78 is 22.1. The van der Waals surface area contributed by atoms with E-state index in [1.165, 1.54) is 32.5 Å². The lowest BCUT2D eigenvalue weighted by atomic mass is 9.53. The molecular weight excluding hydrogens is 829 g/mol. The maximum atomic E-state index is 13.9. The fraction of sp³-hybridized carbons (Fsp3) is 0.627. The number of esters is 3. The number of hydrogen-bond acceptors (Lipinski definition) is 10. The van der Waals surface area contributed by atoms with Gasteiger partial charge in [0, 0.05) is 38.0 Å². The number of carbonyl (C=O) groups excluding carboxylic acids is 5. The minimum absolute atomic E-state index is 0.0244. The van der Waals surface area contributed by atoms with Gasteiger partial charge >= 0.3 is 17.9 Å². The molecule has 2 aromatic carbocycles. The molecule has 2 amide bonds. The van der Waals surface area contributed by atoms with Crippen LogP contribution in [-0.2, 0) is 55.5 Å². The van der Waals surface area contributed by atoms with E-state index in [2.05, 4.69) is 65.3 Å². The van der Waals surface area contributed by atoms with Gasteiger partial charge in [-0.2, -0.15) is 0 Å². The summed E-state index contributed by atoms with van der Waals surface area (Å²) >= 11 is 0. The number of ether oxygens (including phenoxy) is 3. The van der Waals surface area contributed by atoms with Gasteiger partial charge in [0.1, 0.15) is 18.4 Å². The van der Waals surface area contributed by atoms with Crippen LogP contribution >= 0.6 is 0 Å². The van der Waals surface area contributed by atoms with E-state index in [0.717, 1.165) is 30.4 Å². The van der Waals surface area contributed by atoms with Gasteiger partial charge in [0.25, 0.3) is 0 Å². The third kappa shape index (κ3) is 13.6. The molecule has 0 saturated heterocycles. The normalized spacial score (nSPS) is 23.3. The highest BCUT2D eigenvalue weighted by Crippen LogP contribution is 2.58. The molecule has 0 spiro atoms. The lowest BCUT2D eigenvalue weighted by Crippen LogP contribution is -2.54. The average Bonchev–Trinajstić information content (AvgIpc) is 3.64. The molecule has 2 aromatic rings. The van der Waals surface area contributed by atoms with Crippen molar-refractivity contribution in [2.75, 3.05) is 21.3 Å². The molecule has 0 aromatic heterocycles. The van der Waals surface area contributed by atoms with Gasteiger partial charge in [-0.1, -0.05) is 106 Å². The van der Waals surface area contributed by atoms with E-state index in [9.17, 15) is 29.1 Å². The molecule has 0 radical (unpaired) electrons. The Kier molecular flexibility index (Phi) is 19.0. The Bertz CT molecular complexity index is 1910. The molecular formula is C51H76N2O10Si. The van der Waals surface area contributed by atoms with Crippen LogP contribution in [0.2, 0.25) is 18.1 Å².